The number of amides is 2. The Labute approximate surface area is 392 Å². The van der Waals surface area contributed by atoms with Gasteiger partial charge in [-0.15, -0.1) is 6.58 Å². The summed E-state index contributed by atoms with van der Waals surface area (Å²) in [6.45, 7) is 10.2. The van der Waals surface area contributed by atoms with Gasteiger partial charge in [-0.3, -0.25) is 4.79 Å². The molecule has 67 heavy (non-hydrogen) atoms. The molecular weight excluding hydrogens is 852 g/mol. The third kappa shape index (κ3) is 11.4. The second kappa shape index (κ2) is 22.0. The summed E-state index contributed by atoms with van der Waals surface area (Å²) in [5.74, 6) is -2.75. The topological polar surface area (TPSA) is 163 Å². The number of carbonyl (C=O) groups is 2. The number of ether oxygens (including phenoxy) is 3. The summed E-state index contributed by atoms with van der Waals surface area (Å²) in [5, 5.41) is 37.4. The molecule has 1 heterocycles. The zero-order chi connectivity index (χ0) is 47.6. The fraction of sp³-hybridized carbons (Fsp3) is 0.407. The van der Waals surface area contributed by atoms with Crippen LogP contribution in [-0.4, -0.2) is 70.1 Å². The van der Waals surface area contributed by atoms with Crippen LogP contribution < -0.4 is 14.8 Å². The standard InChI is InChI=1S/C54H61FN4O8/c1-5-29-64-54-48(59(35-38-19-23-41(55)24-20-38)51(62)39-21-17-36(33-56)18-22-39)32-46(58-67-53(2,3)4)44-30-40(15-9-11-27-60)43(16-10-12-28-61)49(50(44)54)45-31-42(25-26-47(45)66-54)65-52(63)57-34-37-13-7-6-8-14-37/h5-8,13-14,17-26,30-31,40,43,48-50,60-61H,1,9-12,15-16,27-29,32,34-35H2,2-4H3,(H,57,63)/t40-,43+,48-,49+,50+,54+/m0/s1. The van der Waals surface area contributed by atoms with E-state index in [1.54, 1.807) is 59.5 Å². The van der Waals surface area contributed by atoms with Gasteiger partial charge in [0.25, 0.3) is 5.91 Å². The van der Waals surface area contributed by atoms with Gasteiger partial charge in [0.1, 0.15) is 29.0 Å². The van der Waals surface area contributed by atoms with E-state index in [0.29, 0.717) is 59.6 Å². The van der Waals surface area contributed by atoms with Gasteiger partial charge in [-0.05, 0) is 130 Å². The molecule has 0 aromatic heterocycles. The van der Waals surface area contributed by atoms with E-state index in [1.807, 2.05) is 57.2 Å². The van der Waals surface area contributed by atoms with Crippen molar-refractivity contribution in [1.82, 2.24) is 10.2 Å². The predicted octanol–water partition coefficient (Wildman–Crippen LogP) is 9.76. The Morgan fingerprint density at radius 2 is 1.69 bits per heavy atom. The van der Waals surface area contributed by atoms with Crippen LogP contribution in [0.5, 0.6) is 11.5 Å². The first-order chi connectivity index (χ1) is 32.4. The van der Waals surface area contributed by atoms with E-state index in [2.05, 4.69) is 24.0 Å². The number of halogens is 1. The van der Waals surface area contributed by atoms with Gasteiger partial charge in [0.2, 0.25) is 5.79 Å². The normalized spacial score (nSPS) is 22.3. The molecule has 0 radical (unpaired) electrons. The SMILES string of the molecule is C=CCO[C@@]12Oc3ccc(OC(=O)NCc4ccccc4)cc3[C@H]3[C@H](CCCCO)[C@@H](CCCCO)C=C(C(=NOC(C)(C)C)C[C@@H]1N(Cc1ccc(F)cc1)C(=O)c1ccc(C#N)cc1)[C@H]32. The second-order valence-electron chi connectivity index (χ2n) is 18.5. The van der Waals surface area contributed by atoms with Crippen molar-refractivity contribution in [3.05, 3.63) is 155 Å². The minimum absolute atomic E-state index is 0.0254. The predicted molar refractivity (Wildman–Crippen MR) is 253 cm³/mol. The van der Waals surface area contributed by atoms with Crippen molar-refractivity contribution in [2.45, 2.75) is 102 Å². The Morgan fingerprint density at radius 3 is 2.36 bits per heavy atom. The third-order valence-corrected chi connectivity index (χ3v) is 12.7. The molecule has 1 aliphatic heterocycles. The number of fused-ring (bicyclic) bond motifs is 2. The zero-order valence-corrected chi connectivity index (χ0v) is 38.5. The molecule has 3 aliphatic rings. The van der Waals surface area contributed by atoms with Crippen molar-refractivity contribution >= 4 is 17.7 Å². The number of allylic oxidation sites excluding steroid dienone is 1. The van der Waals surface area contributed by atoms with E-state index in [0.717, 1.165) is 29.5 Å². The number of nitrogens with one attached hydrogen (secondary N) is 1. The highest BCUT2D eigenvalue weighted by Crippen LogP contribution is 2.62. The van der Waals surface area contributed by atoms with Crippen LogP contribution in [-0.2, 0) is 22.7 Å². The van der Waals surface area contributed by atoms with Gasteiger partial charge in [-0.25, -0.2) is 9.18 Å². The lowest BCUT2D eigenvalue weighted by Crippen LogP contribution is -2.70. The number of carbonyl (C=O) groups excluding carboxylic acids is 2. The molecule has 13 heteroatoms. The van der Waals surface area contributed by atoms with Gasteiger partial charge >= 0.3 is 6.09 Å². The van der Waals surface area contributed by atoms with E-state index in [1.165, 1.54) is 12.1 Å². The van der Waals surface area contributed by atoms with Gasteiger partial charge < -0.3 is 39.5 Å². The van der Waals surface area contributed by atoms with Crippen LogP contribution >= 0.6 is 0 Å². The largest absolute Gasteiger partial charge is 0.459 e. The first-order valence-corrected chi connectivity index (χ1v) is 23.2. The summed E-state index contributed by atoms with van der Waals surface area (Å²) in [7, 11) is 0. The average Bonchev–Trinajstić information content (AvgIpc) is 3.33. The Kier molecular flexibility index (Phi) is 15.9. The number of aliphatic hydroxyl groups is 2. The van der Waals surface area contributed by atoms with Gasteiger partial charge in [0.05, 0.1) is 29.9 Å². The fourth-order valence-electron chi connectivity index (χ4n) is 9.78. The first-order valence-electron chi connectivity index (χ1n) is 23.2. The molecule has 0 bridgehead atoms. The summed E-state index contributed by atoms with van der Waals surface area (Å²) in [5.41, 5.74) is 3.82. The molecule has 6 atom stereocenters. The molecule has 1 fully saturated rings. The van der Waals surface area contributed by atoms with Gasteiger partial charge in [-0.2, -0.15) is 5.26 Å². The molecular formula is C54H61FN4O8. The van der Waals surface area contributed by atoms with E-state index >= 15 is 4.79 Å². The van der Waals surface area contributed by atoms with E-state index in [9.17, 15) is 24.7 Å². The minimum Gasteiger partial charge on any atom is -0.459 e. The number of unbranched alkanes of at least 4 members (excludes halogenated alkanes) is 2. The third-order valence-electron chi connectivity index (χ3n) is 12.7. The summed E-state index contributed by atoms with van der Waals surface area (Å²) < 4.78 is 34.9. The van der Waals surface area contributed by atoms with E-state index in [4.69, 9.17) is 24.2 Å². The second-order valence-corrected chi connectivity index (χ2v) is 18.5. The maximum Gasteiger partial charge on any atom is 0.412 e. The monoisotopic (exact) mass is 912 g/mol. The van der Waals surface area contributed by atoms with Crippen LogP contribution in [0.3, 0.4) is 0 Å². The Balaban J connectivity index is 1.45. The Morgan fingerprint density at radius 1 is 0.970 bits per heavy atom. The maximum atomic E-state index is 15.3. The molecule has 352 valence electrons. The molecule has 4 aromatic rings. The van der Waals surface area contributed by atoms with Gasteiger partial charge in [0.15, 0.2) is 0 Å². The highest BCUT2D eigenvalue weighted by molar-refractivity contribution is 6.03. The molecule has 3 N–H and O–H groups in total. The molecule has 0 saturated heterocycles. The lowest BCUT2D eigenvalue weighted by Gasteiger charge is -2.60. The fourth-order valence-corrected chi connectivity index (χ4v) is 9.78. The molecule has 4 aromatic carbocycles. The van der Waals surface area contributed by atoms with Gasteiger partial charge in [-0.1, -0.05) is 72.6 Å². The highest BCUT2D eigenvalue weighted by atomic mass is 19.1. The molecule has 2 aliphatic carbocycles. The van der Waals surface area contributed by atoms with Crippen LogP contribution in [0.1, 0.15) is 104 Å². The molecule has 0 spiro atoms. The van der Waals surface area contributed by atoms with Crippen LogP contribution in [0.15, 0.2) is 127 Å². The zero-order valence-electron chi connectivity index (χ0n) is 38.5. The highest BCUT2D eigenvalue weighted by Gasteiger charge is 2.65. The number of nitrogens with zero attached hydrogens (tertiary/aromatic N) is 3. The molecule has 7 rings (SSSR count). The van der Waals surface area contributed by atoms with Crippen LogP contribution in [0, 0.1) is 34.9 Å². The van der Waals surface area contributed by atoms with Crippen LogP contribution in [0.2, 0.25) is 0 Å². The number of oxime groups is 1. The van der Waals surface area contributed by atoms with Crippen LogP contribution in [0.25, 0.3) is 0 Å². The lowest BCUT2D eigenvalue weighted by atomic mass is 9.55. The van der Waals surface area contributed by atoms with Crippen molar-refractivity contribution < 1.29 is 43.2 Å². The van der Waals surface area contributed by atoms with Crippen molar-refractivity contribution in [1.29, 1.82) is 5.26 Å². The minimum atomic E-state index is -1.60. The molecule has 2 amide bonds. The first kappa shape index (κ1) is 48.6. The van der Waals surface area contributed by atoms with Crippen molar-refractivity contribution in [3.8, 4) is 17.6 Å². The summed E-state index contributed by atoms with van der Waals surface area (Å²) >= 11 is 0. The van der Waals surface area contributed by atoms with Crippen LogP contribution in [0.4, 0.5) is 9.18 Å². The molecule has 12 nitrogen and oxygen atoms in total. The van der Waals surface area contributed by atoms with Gasteiger partial charge in [0, 0.05) is 49.8 Å². The summed E-state index contributed by atoms with van der Waals surface area (Å²) in [6, 6.07) is 28.5. The molecule has 1 saturated carbocycles. The number of hydrogen-bond acceptors (Lipinski definition) is 10. The average molecular weight is 913 g/mol. The number of rotatable bonds is 19. The lowest BCUT2D eigenvalue weighted by molar-refractivity contribution is -0.255. The van der Waals surface area contributed by atoms with E-state index in [-0.39, 0.29) is 63.0 Å². The summed E-state index contributed by atoms with van der Waals surface area (Å²) in [6.07, 6.45) is 7.52. The number of hydrogen-bond donors (Lipinski definition) is 3. The van der Waals surface area contributed by atoms with Crippen molar-refractivity contribution in [2.24, 2.45) is 22.9 Å². The summed E-state index contributed by atoms with van der Waals surface area (Å²) in [4.78, 5) is 36.6. The maximum absolute atomic E-state index is 15.3. The number of aliphatic hydroxyl groups excluding tert-OH is 2. The smallest absolute Gasteiger partial charge is 0.412 e. The van der Waals surface area contributed by atoms with Crippen molar-refractivity contribution in [2.75, 3.05) is 19.8 Å². The van der Waals surface area contributed by atoms with E-state index < -0.39 is 35.3 Å². The number of nitriles is 1. The Hall–Kier alpha value is -6.33. The quantitative estimate of drug-likeness (QED) is 0.0472. The Bertz CT molecular complexity index is 2450. The number of benzene rings is 4. The molecule has 0 unspecified atom stereocenters. The van der Waals surface area contributed by atoms with Crippen molar-refractivity contribution in [3.63, 3.8) is 0 Å².